The van der Waals surface area contributed by atoms with E-state index in [1.54, 1.807) is 25.6 Å². The van der Waals surface area contributed by atoms with E-state index < -0.39 is 11.9 Å². The molecule has 0 aliphatic rings. The van der Waals surface area contributed by atoms with Crippen molar-refractivity contribution in [1.82, 2.24) is 0 Å². The minimum atomic E-state index is -1.08. The van der Waals surface area contributed by atoms with Gasteiger partial charge in [0.2, 0.25) is 0 Å². The number of aromatic hydroxyl groups is 2. The molecule has 3 rings (SSSR count). The van der Waals surface area contributed by atoms with Gasteiger partial charge in [0.05, 0.1) is 18.5 Å². The Bertz CT molecular complexity index is 1430. The first-order valence-corrected chi connectivity index (χ1v) is 13.4. The summed E-state index contributed by atoms with van der Waals surface area (Å²) in [6.45, 7) is 14.2. The second-order valence-electron chi connectivity index (χ2n) is 10.2. The number of benzene rings is 3. The Hall–Kier alpha value is -4.15. The molecule has 0 aromatic heterocycles. The predicted molar refractivity (Wildman–Crippen MR) is 163 cm³/mol. The quantitative estimate of drug-likeness (QED) is 0.347. The number of hydrogen-bond acceptors (Lipinski definition) is 9. The fourth-order valence-corrected chi connectivity index (χ4v) is 3.87. The number of aliphatic carboxylic acids is 2. The number of aryl methyl sites for hydroxylation is 2. The van der Waals surface area contributed by atoms with E-state index in [1.807, 2.05) is 50.2 Å². The van der Waals surface area contributed by atoms with Crippen molar-refractivity contribution < 1.29 is 51.5 Å². The molecular weight excluding hydrogens is 595 g/mol. The summed E-state index contributed by atoms with van der Waals surface area (Å²) in [6, 6.07) is 13.3. The molecule has 2 N–H and O–H groups in total. The number of carbonyl (C=O) groups is 2. The number of phenols is 2. The summed E-state index contributed by atoms with van der Waals surface area (Å²) in [5, 5.41) is 39.2. The van der Waals surface area contributed by atoms with Crippen LogP contribution in [-0.2, 0) is 26.4 Å². The number of carbonyl (C=O) groups excluding carboxylic acids is 2. The summed E-state index contributed by atoms with van der Waals surface area (Å²) >= 11 is 0. The van der Waals surface area contributed by atoms with E-state index in [0.29, 0.717) is 28.3 Å². The zero-order valence-electron chi connectivity index (χ0n) is 26.0. The SMILES string of the molecule is CC(=O)[O-].CC(=O)[O-].COc1ccc(N=Cc2cc(C)cc(C(C)C)c2O)c(N=Cc2cc(C)cc(C(C)C)c2O)c1.[Co+2]. The monoisotopic (exact) mass is 635 g/mol. The van der Waals surface area contributed by atoms with Crippen molar-refractivity contribution in [1.29, 1.82) is 0 Å². The summed E-state index contributed by atoms with van der Waals surface area (Å²) < 4.78 is 5.38. The van der Waals surface area contributed by atoms with Gasteiger partial charge in [0.25, 0.3) is 0 Å². The van der Waals surface area contributed by atoms with Crippen molar-refractivity contribution in [2.24, 2.45) is 9.98 Å². The molecule has 233 valence electrons. The van der Waals surface area contributed by atoms with Crippen molar-refractivity contribution in [3.05, 3.63) is 75.8 Å². The zero-order chi connectivity index (χ0) is 32.1. The topological polar surface area (TPSA) is 155 Å². The smallest absolute Gasteiger partial charge is 0.550 e. The number of nitrogens with zero attached hydrogens (tertiary/aromatic N) is 2. The molecule has 0 spiro atoms. The third-order valence-electron chi connectivity index (χ3n) is 5.74. The van der Waals surface area contributed by atoms with Crippen molar-refractivity contribution >= 4 is 35.7 Å². The standard InChI is InChI=1S/C29H34N2O3.2C2H4O2.Co/c1-17(2)24-12-19(5)10-21(28(24)32)15-30-26-9-8-23(34-7)14-27(26)31-16-22-11-20(6)13-25(18(3)4)29(22)33;2*1-2(3)4;/h8-18,32-33H,1-7H3;2*1H3,(H,3,4);/q;;;+2/p-2. The first-order valence-electron chi connectivity index (χ1n) is 13.4. The number of rotatable bonds is 7. The van der Waals surface area contributed by atoms with E-state index >= 15 is 0 Å². The van der Waals surface area contributed by atoms with Gasteiger partial charge < -0.3 is 34.8 Å². The van der Waals surface area contributed by atoms with Crippen LogP contribution in [0.2, 0.25) is 0 Å². The van der Waals surface area contributed by atoms with Crippen molar-refractivity contribution in [3.8, 4) is 17.2 Å². The molecule has 0 fully saturated rings. The van der Waals surface area contributed by atoms with Crippen LogP contribution in [0.3, 0.4) is 0 Å². The maximum absolute atomic E-state index is 10.7. The molecule has 9 nitrogen and oxygen atoms in total. The van der Waals surface area contributed by atoms with Crippen molar-refractivity contribution in [2.45, 2.75) is 67.2 Å². The molecule has 0 aliphatic heterocycles. The molecule has 0 bridgehead atoms. The van der Waals surface area contributed by atoms with Crippen LogP contribution >= 0.6 is 0 Å². The van der Waals surface area contributed by atoms with Crippen LogP contribution in [0.1, 0.15) is 86.8 Å². The second kappa shape index (κ2) is 18.4. The Morgan fingerprint density at radius 2 is 1.12 bits per heavy atom. The second-order valence-corrected chi connectivity index (χ2v) is 10.2. The average Bonchev–Trinajstić information content (AvgIpc) is 2.88. The van der Waals surface area contributed by atoms with Gasteiger partial charge in [-0.1, -0.05) is 39.8 Å². The summed E-state index contributed by atoms with van der Waals surface area (Å²) in [5.41, 5.74) is 6.44. The van der Waals surface area contributed by atoms with Gasteiger partial charge in [-0.25, -0.2) is 0 Å². The average molecular weight is 636 g/mol. The summed E-state index contributed by atoms with van der Waals surface area (Å²) in [5.74, 6) is -0.632. The first-order chi connectivity index (χ1) is 19.6. The maximum atomic E-state index is 10.7. The number of hydrogen-bond donors (Lipinski definition) is 2. The van der Waals surface area contributed by atoms with Gasteiger partial charge in [0, 0.05) is 41.6 Å². The van der Waals surface area contributed by atoms with Crippen LogP contribution in [0.15, 0.2) is 52.4 Å². The molecule has 0 aliphatic carbocycles. The van der Waals surface area contributed by atoms with Gasteiger partial charge in [0.15, 0.2) is 0 Å². The van der Waals surface area contributed by atoms with Crippen LogP contribution < -0.4 is 14.9 Å². The number of methoxy groups -OCH3 is 1. The summed E-state index contributed by atoms with van der Waals surface area (Å²) in [6.07, 6.45) is 3.32. The fourth-order valence-electron chi connectivity index (χ4n) is 3.87. The van der Waals surface area contributed by atoms with Gasteiger partial charge in [-0.3, -0.25) is 9.98 Å². The number of ether oxygens (including phenoxy) is 1. The summed E-state index contributed by atoms with van der Waals surface area (Å²) in [4.78, 5) is 27.1. The fraction of sp³-hybridized carbons (Fsp3) is 0.333. The van der Waals surface area contributed by atoms with Crippen LogP contribution in [-0.4, -0.2) is 41.7 Å². The van der Waals surface area contributed by atoms with Crippen LogP contribution in [0.25, 0.3) is 0 Å². The number of phenolic OH excluding ortho intramolecular Hbond substituents is 2. The molecule has 0 saturated heterocycles. The predicted octanol–water partition coefficient (Wildman–Crippen LogP) is 4.98. The van der Waals surface area contributed by atoms with Crippen LogP contribution in [0.4, 0.5) is 11.4 Å². The van der Waals surface area contributed by atoms with Gasteiger partial charge in [0.1, 0.15) is 17.2 Å². The summed E-state index contributed by atoms with van der Waals surface area (Å²) in [7, 11) is 1.60. The Kier molecular flexibility index (Phi) is 16.6. The van der Waals surface area contributed by atoms with E-state index in [4.69, 9.17) is 24.5 Å². The van der Waals surface area contributed by atoms with E-state index in [0.717, 1.165) is 36.1 Å². The van der Waals surface area contributed by atoms with Gasteiger partial charge >= 0.3 is 16.8 Å². The Morgan fingerprint density at radius 3 is 1.47 bits per heavy atom. The molecule has 3 aromatic carbocycles. The molecule has 0 heterocycles. The van der Waals surface area contributed by atoms with E-state index in [1.165, 1.54) is 0 Å². The van der Waals surface area contributed by atoms with E-state index in [9.17, 15) is 10.2 Å². The Balaban J connectivity index is 0.00000174. The molecule has 10 heteroatoms. The maximum Gasteiger partial charge on any atom is 2.00 e. The van der Waals surface area contributed by atoms with E-state index in [2.05, 4.69) is 37.7 Å². The third-order valence-corrected chi connectivity index (χ3v) is 5.74. The normalized spacial score (nSPS) is 10.6. The first kappa shape index (κ1) is 38.8. The number of carboxylic acid groups (broad SMARTS) is 2. The molecule has 0 saturated carbocycles. The molecule has 0 amide bonds. The minimum Gasteiger partial charge on any atom is -0.550 e. The Morgan fingerprint density at radius 1 is 0.744 bits per heavy atom. The largest absolute Gasteiger partial charge is 2.00 e. The van der Waals surface area contributed by atoms with Gasteiger partial charge in [-0.2, -0.15) is 0 Å². The zero-order valence-corrected chi connectivity index (χ0v) is 27.1. The molecule has 1 radical (unpaired) electrons. The van der Waals surface area contributed by atoms with Crippen LogP contribution in [0.5, 0.6) is 17.2 Å². The van der Waals surface area contributed by atoms with Crippen molar-refractivity contribution in [3.63, 3.8) is 0 Å². The van der Waals surface area contributed by atoms with Crippen LogP contribution in [0, 0.1) is 13.8 Å². The van der Waals surface area contributed by atoms with Gasteiger partial charge in [-0.05, 0) is 86.1 Å². The number of aliphatic imine (C=N–C) groups is 2. The number of carboxylic acids is 2. The molecule has 3 aromatic rings. The Labute approximate surface area is 264 Å². The molecule has 0 unspecified atom stereocenters. The third kappa shape index (κ3) is 13.1. The molecule has 0 atom stereocenters. The molecular formula is C33H40CoN2O7. The van der Waals surface area contributed by atoms with E-state index in [-0.39, 0.29) is 40.1 Å². The van der Waals surface area contributed by atoms with Crippen molar-refractivity contribution in [2.75, 3.05) is 7.11 Å². The minimum absolute atomic E-state index is 0. The van der Waals surface area contributed by atoms with Gasteiger partial charge in [-0.15, -0.1) is 0 Å². The molecule has 43 heavy (non-hydrogen) atoms.